The molecule has 4 aromatic rings. The van der Waals surface area contributed by atoms with Gasteiger partial charge in [0.15, 0.2) is 0 Å². The van der Waals surface area contributed by atoms with Crippen molar-refractivity contribution in [3.05, 3.63) is 66.6 Å². The summed E-state index contributed by atoms with van der Waals surface area (Å²) in [6.45, 7) is 6.08. The lowest BCUT2D eigenvalue weighted by Crippen LogP contribution is -2.21. The van der Waals surface area contributed by atoms with Crippen molar-refractivity contribution in [2.75, 3.05) is 10.6 Å². The number of halogens is 1. The zero-order valence-corrected chi connectivity index (χ0v) is 18.6. The number of carbonyl (C=O) groups excluding carboxylic acids is 1. The number of rotatable bonds is 5. The summed E-state index contributed by atoms with van der Waals surface area (Å²) in [6.07, 6.45) is 4.49. The predicted molar refractivity (Wildman–Crippen MR) is 121 cm³/mol. The fraction of sp³-hybridized carbons (Fsp3) is 0.217. The van der Waals surface area contributed by atoms with Crippen LogP contribution in [-0.2, 0) is 12.5 Å². The van der Waals surface area contributed by atoms with Gasteiger partial charge in [-0.05, 0) is 18.2 Å². The molecule has 0 aliphatic rings. The normalized spacial score (nSPS) is 11.3. The van der Waals surface area contributed by atoms with Crippen LogP contribution in [0.5, 0.6) is 11.5 Å². The van der Waals surface area contributed by atoms with Gasteiger partial charge in [0, 0.05) is 36.9 Å². The summed E-state index contributed by atoms with van der Waals surface area (Å²) in [5, 5.41) is 9.59. The molecule has 33 heavy (non-hydrogen) atoms. The highest BCUT2D eigenvalue weighted by atomic mass is 19.1. The van der Waals surface area contributed by atoms with Gasteiger partial charge in [0.1, 0.15) is 35.1 Å². The van der Waals surface area contributed by atoms with Gasteiger partial charge in [0.2, 0.25) is 5.89 Å². The molecule has 170 valence electrons. The lowest BCUT2D eigenvalue weighted by Gasteiger charge is -2.13. The second kappa shape index (κ2) is 8.73. The molecule has 0 aliphatic carbocycles. The van der Waals surface area contributed by atoms with Crippen LogP contribution < -0.4 is 15.4 Å². The number of hydrogen-bond donors (Lipinski definition) is 2. The average molecular weight is 450 g/mol. The predicted octanol–water partition coefficient (Wildman–Crippen LogP) is 5.34. The molecule has 3 aromatic heterocycles. The van der Waals surface area contributed by atoms with Gasteiger partial charge >= 0.3 is 6.03 Å². The molecule has 0 aliphatic heterocycles. The Hall–Kier alpha value is -4.21. The molecule has 9 nitrogen and oxygen atoms in total. The standard InChI is InChI=1S/C23H23FN6O3/c1-23(2,3)19-13-20(30(4)29-19)28-22(31)27-17-6-5-14(11-16(17)24)33-15-7-8-25-18(12-15)21-26-9-10-32-21/h5-13H,1-4H3,(H2,27,28,31). The van der Waals surface area contributed by atoms with Crippen molar-refractivity contribution in [1.29, 1.82) is 0 Å². The number of pyridine rings is 1. The zero-order chi connectivity index (χ0) is 23.6. The van der Waals surface area contributed by atoms with E-state index in [9.17, 15) is 9.18 Å². The van der Waals surface area contributed by atoms with Gasteiger partial charge in [-0.1, -0.05) is 20.8 Å². The Balaban J connectivity index is 1.42. The van der Waals surface area contributed by atoms with Crippen molar-refractivity contribution < 1.29 is 18.3 Å². The van der Waals surface area contributed by atoms with Gasteiger partial charge in [0.05, 0.1) is 17.6 Å². The van der Waals surface area contributed by atoms with Crippen molar-refractivity contribution in [2.24, 2.45) is 7.05 Å². The van der Waals surface area contributed by atoms with Gasteiger partial charge in [0.25, 0.3) is 0 Å². The molecule has 0 bridgehead atoms. The molecule has 4 rings (SSSR count). The van der Waals surface area contributed by atoms with Gasteiger partial charge in [-0.2, -0.15) is 5.10 Å². The number of hydrogen-bond acceptors (Lipinski definition) is 6. The molecule has 1 aromatic carbocycles. The van der Waals surface area contributed by atoms with Gasteiger partial charge in [-0.3, -0.25) is 15.0 Å². The van der Waals surface area contributed by atoms with Gasteiger partial charge in [-0.25, -0.2) is 14.2 Å². The molecule has 0 fully saturated rings. The Kier molecular flexibility index (Phi) is 5.82. The van der Waals surface area contributed by atoms with Gasteiger partial charge < -0.3 is 14.5 Å². The Morgan fingerprint density at radius 1 is 1.06 bits per heavy atom. The molecule has 0 radical (unpaired) electrons. The highest BCUT2D eigenvalue weighted by Gasteiger charge is 2.20. The van der Waals surface area contributed by atoms with E-state index in [0.29, 0.717) is 23.2 Å². The van der Waals surface area contributed by atoms with Crippen molar-refractivity contribution >= 4 is 17.5 Å². The number of amides is 2. The summed E-state index contributed by atoms with van der Waals surface area (Å²) in [4.78, 5) is 20.6. The van der Waals surface area contributed by atoms with E-state index >= 15 is 0 Å². The summed E-state index contributed by atoms with van der Waals surface area (Å²) in [5.41, 5.74) is 1.15. The van der Waals surface area contributed by atoms with Crippen molar-refractivity contribution in [3.63, 3.8) is 0 Å². The van der Waals surface area contributed by atoms with E-state index in [1.807, 2.05) is 20.8 Å². The SMILES string of the molecule is Cn1nc(C(C)(C)C)cc1NC(=O)Nc1ccc(Oc2ccnc(-c3ncco3)c2)cc1F. The number of anilines is 2. The van der Waals surface area contributed by atoms with E-state index in [1.165, 1.54) is 30.8 Å². The van der Waals surface area contributed by atoms with E-state index < -0.39 is 11.8 Å². The summed E-state index contributed by atoms with van der Waals surface area (Å²) < 4.78 is 27.1. The van der Waals surface area contributed by atoms with Crippen LogP contribution >= 0.6 is 0 Å². The Labute approximate surface area is 189 Å². The van der Waals surface area contributed by atoms with Crippen LogP contribution in [-0.4, -0.2) is 25.8 Å². The summed E-state index contributed by atoms with van der Waals surface area (Å²) in [5.74, 6) is 0.883. The fourth-order valence-electron chi connectivity index (χ4n) is 2.96. The monoisotopic (exact) mass is 450 g/mol. The van der Waals surface area contributed by atoms with E-state index in [4.69, 9.17) is 9.15 Å². The van der Waals surface area contributed by atoms with Crippen LogP contribution in [0.2, 0.25) is 0 Å². The first-order chi connectivity index (χ1) is 15.7. The number of urea groups is 1. The second-order valence-electron chi connectivity index (χ2n) is 8.33. The van der Waals surface area contributed by atoms with Crippen molar-refractivity contribution in [3.8, 4) is 23.1 Å². The molecule has 0 spiro atoms. The van der Waals surface area contributed by atoms with E-state index in [2.05, 4.69) is 25.7 Å². The lowest BCUT2D eigenvalue weighted by molar-refractivity contribution is 0.262. The first kappa shape index (κ1) is 22.0. The topological polar surface area (TPSA) is 107 Å². The zero-order valence-electron chi connectivity index (χ0n) is 18.6. The molecular weight excluding hydrogens is 427 g/mol. The summed E-state index contributed by atoms with van der Waals surface area (Å²) in [7, 11) is 1.73. The first-order valence-electron chi connectivity index (χ1n) is 10.1. The third-order valence-electron chi connectivity index (χ3n) is 4.70. The van der Waals surface area contributed by atoms with E-state index in [-0.39, 0.29) is 16.9 Å². The maximum absolute atomic E-state index is 14.6. The van der Waals surface area contributed by atoms with Gasteiger partial charge in [-0.15, -0.1) is 0 Å². The third kappa shape index (κ3) is 5.17. The number of oxazole rings is 1. The fourth-order valence-corrected chi connectivity index (χ4v) is 2.96. The number of nitrogens with zero attached hydrogens (tertiary/aromatic N) is 4. The highest BCUT2D eigenvalue weighted by Crippen LogP contribution is 2.28. The molecule has 0 saturated heterocycles. The molecule has 3 heterocycles. The maximum atomic E-state index is 14.6. The van der Waals surface area contributed by atoms with Crippen LogP contribution in [0.4, 0.5) is 20.7 Å². The number of ether oxygens (including phenoxy) is 1. The van der Waals surface area contributed by atoms with Crippen LogP contribution in [0.1, 0.15) is 26.5 Å². The minimum atomic E-state index is -0.648. The average Bonchev–Trinajstić information content (AvgIpc) is 3.41. The second-order valence-corrected chi connectivity index (χ2v) is 8.33. The summed E-state index contributed by atoms with van der Waals surface area (Å²) >= 11 is 0. The van der Waals surface area contributed by atoms with E-state index in [1.54, 1.807) is 36.0 Å². The molecule has 0 atom stereocenters. The molecule has 0 unspecified atom stereocenters. The van der Waals surface area contributed by atoms with Crippen LogP contribution in [0.3, 0.4) is 0 Å². The van der Waals surface area contributed by atoms with Crippen LogP contribution in [0.25, 0.3) is 11.6 Å². The minimum absolute atomic E-state index is 0.00765. The molecule has 0 saturated carbocycles. The Morgan fingerprint density at radius 2 is 1.85 bits per heavy atom. The van der Waals surface area contributed by atoms with Crippen molar-refractivity contribution in [1.82, 2.24) is 19.7 Å². The van der Waals surface area contributed by atoms with Crippen LogP contribution in [0, 0.1) is 5.82 Å². The Morgan fingerprint density at radius 3 is 2.52 bits per heavy atom. The molecule has 2 N–H and O–H groups in total. The lowest BCUT2D eigenvalue weighted by atomic mass is 9.92. The maximum Gasteiger partial charge on any atom is 0.324 e. The minimum Gasteiger partial charge on any atom is -0.457 e. The first-order valence-corrected chi connectivity index (χ1v) is 10.1. The number of carbonyl (C=O) groups is 1. The molecular formula is C23H23FN6O3. The number of aryl methyl sites for hydroxylation is 1. The largest absolute Gasteiger partial charge is 0.457 e. The van der Waals surface area contributed by atoms with E-state index in [0.717, 1.165) is 5.69 Å². The molecule has 10 heteroatoms. The quantitative estimate of drug-likeness (QED) is 0.425. The van der Waals surface area contributed by atoms with Crippen LogP contribution in [0.15, 0.2) is 59.5 Å². The summed E-state index contributed by atoms with van der Waals surface area (Å²) in [6, 6.07) is 8.61. The van der Waals surface area contributed by atoms with Crippen molar-refractivity contribution in [2.45, 2.75) is 26.2 Å². The molecule has 2 amide bonds. The third-order valence-corrected chi connectivity index (χ3v) is 4.70. The number of aromatic nitrogens is 4. The number of nitrogens with one attached hydrogen (secondary N) is 2. The Bertz CT molecular complexity index is 1280. The highest BCUT2D eigenvalue weighted by molar-refractivity contribution is 5.99. The number of benzene rings is 1. The smallest absolute Gasteiger partial charge is 0.324 e.